The minimum Gasteiger partial charge on any atom is -0.326 e. The molecule has 5 nitrogen and oxygen atoms in total. The molecule has 3 saturated carbocycles. The van der Waals surface area contributed by atoms with Crippen LogP contribution in [0.1, 0.15) is 44.9 Å². The lowest BCUT2D eigenvalue weighted by atomic mass is 9.86. The quantitative estimate of drug-likeness (QED) is 0.782. The molecule has 4 rings (SSSR count). The first kappa shape index (κ1) is 17.0. The van der Waals surface area contributed by atoms with E-state index in [1.54, 1.807) is 24.3 Å². The van der Waals surface area contributed by atoms with Gasteiger partial charge in [-0.25, -0.2) is 13.1 Å². The summed E-state index contributed by atoms with van der Waals surface area (Å²) < 4.78 is 27.1. The van der Waals surface area contributed by atoms with Crippen molar-refractivity contribution in [3.63, 3.8) is 0 Å². The van der Waals surface area contributed by atoms with Crippen molar-refractivity contribution in [3.8, 4) is 0 Å². The molecule has 0 heterocycles. The number of carbonyl (C=O) groups excluding carboxylic acids is 1. The fraction of sp³-hybridized carbons (Fsp3) is 0.632. The molecule has 0 saturated heterocycles. The van der Waals surface area contributed by atoms with E-state index in [-0.39, 0.29) is 10.8 Å². The maximum atomic E-state index is 12.3. The first-order valence-electron chi connectivity index (χ1n) is 9.39. The van der Waals surface area contributed by atoms with Gasteiger partial charge in [-0.2, -0.15) is 0 Å². The minimum atomic E-state index is -3.45. The first-order valence-corrected chi connectivity index (χ1v) is 10.9. The molecular formula is C19H26N2O3S. The molecule has 3 fully saturated rings. The summed E-state index contributed by atoms with van der Waals surface area (Å²) in [4.78, 5) is 12.5. The molecule has 3 unspecified atom stereocenters. The largest absolute Gasteiger partial charge is 0.326 e. The van der Waals surface area contributed by atoms with Crippen LogP contribution in [0.5, 0.6) is 0 Å². The Kier molecular flexibility index (Phi) is 4.58. The van der Waals surface area contributed by atoms with Gasteiger partial charge >= 0.3 is 0 Å². The fourth-order valence-corrected chi connectivity index (χ4v) is 5.54. The summed E-state index contributed by atoms with van der Waals surface area (Å²) in [5.74, 6) is 2.65. The third-order valence-electron chi connectivity index (χ3n) is 6.04. The van der Waals surface area contributed by atoms with Crippen molar-refractivity contribution in [1.29, 1.82) is 0 Å². The molecule has 136 valence electrons. The summed E-state index contributed by atoms with van der Waals surface area (Å²) in [5.41, 5.74) is 0.661. The van der Waals surface area contributed by atoms with Crippen LogP contribution in [0.2, 0.25) is 0 Å². The van der Waals surface area contributed by atoms with Crippen LogP contribution in [0.25, 0.3) is 0 Å². The van der Waals surface area contributed by atoms with Crippen LogP contribution in [-0.2, 0) is 14.8 Å². The smallest absolute Gasteiger partial charge is 0.240 e. The summed E-state index contributed by atoms with van der Waals surface area (Å²) >= 11 is 0. The van der Waals surface area contributed by atoms with E-state index in [2.05, 4.69) is 10.0 Å². The fourth-order valence-electron chi connectivity index (χ4n) is 4.43. The maximum absolute atomic E-state index is 12.3. The Morgan fingerprint density at radius 2 is 1.80 bits per heavy atom. The molecule has 1 aromatic carbocycles. The lowest BCUT2D eigenvalue weighted by molar-refractivity contribution is -0.117. The highest BCUT2D eigenvalue weighted by Crippen LogP contribution is 2.49. The number of nitrogens with one attached hydrogen (secondary N) is 2. The molecular weight excluding hydrogens is 336 g/mol. The third kappa shape index (κ3) is 4.06. The van der Waals surface area contributed by atoms with Crippen molar-refractivity contribution in [3.05, 3.63) is 24.3 Å². The van der Waals surface area contributed by atoms with E-state index in [9.17, 15) is 13.2 Å². The van der Waals surface area contributed by atoms with Crippen molar-refractivity contribution in [2.24, 2.45) is 23.7 Å². The Morgan fingerprint density at radius 1 is 1.04 bits per heavy atom. The standard InChI is InChI=1S/C19H26N2O3S/c22-19(11-16-10-14-3-4-15(16)9-14)21-17-5-7-18(8-6-17)25(23,24)20-12-13-1-2-13/h5-8,13-16,20H,1-4,9-12H2,(H,21,22). The maximum Gasteiger partial charge on any atom is 0.240 e. The molecule has 6 heteroatoms. The summed E-state index contributed by atoms with van der Waals surface area (Å²) in [5, 5.41) is 2.91. The van der Waals surface area contributed by atoms with Gasteiger partial charge in [-0.3, -0.25) is 4.79 Å². The van der Waals surface area contributed by atoms with Gasteiger partial charge in [0.1, 0.15) is 0 Å². The molecule has 25 heavy (non-hydrogen) atoms. The highest BCUT2D eigenvalue weighted by atomic mass is 32.2. The number of fused-ring (bicyclic) bond motifs is 2. The lowest BCUT2D eigenvalue weighted by Gasteiger charge is -2.20. The second-order valence-electron chi connectivity index (χ2n) is 8.01. The minimum absolute atomic E-state index is 0.0417. The van der Waals surface area contributed by atoms with E-state index >= 15 is 0 Å². The summed E-state index contributed by atoms with van der Waals surface area (Å²) in [6, 6.07) is 6.46. The zero-order valence-electron chi connectivity index (χ0n) is 14.4. The number of benzene rings is 1. The van der Waals surface area contributed by atoms with Crippen molar-refractivity contribution in [1.82, 2.24) is 4.72 Å². The molecule has 3 atom stereocenters. The number of sulfonamides is 1. The van der Waals surface area contributed by atoms with Crippen LogP contribution in [0.3, 0.4) is 0 Å². The monoisotopic (exact) mass is 362 g/mol. The van der Waals surface area contributed by atoms with E-state index in [1.165, 1.54) is 25.7 Å². The highest BCUT2D eigenvalue weighted by molar-refractivity contribution is 7.89. The average Bonchev–Trinajstić information content (AvgIpc) is 3.19. The van der Waals surface area contributed by atoms with E-state index in [1.807, 2.05) is 0 Å². The molecule has 3 aliphatic rings. The Hall–Kier alpha value is -1.40. The zero-order chi connectivity index (χ0) is 17.4. The Morgan fingerprint density at radius 3 is 2.40 bits per heavy atom. The van der Waals surface area contributed by atoms with Crippen LogP contribution in [-0.4, -0.2) is 20.9 Å². The number of anilines is 1. The van der Waals surface area contributed by atoms with Crippen molar-refractivity contribution >= 4 is 21.6 Å². The number of carbonyl (C=O) groups is 1. The highest BCUT2D eigenvalue weighted by Gasteiger charge is 2.40. The van der Waals surface area contributed by atoms with Crippen LogP contribution >= 0.6 is 0 Å². The van der Waals surface area contributed by atoms with Gasteiger partial charge < -0.3 is 5.32 Å². The normalized spacial score (nSPS) is 28.2. The molecule has 2 N–H and O–H groups in total. The van der Waals surface area contributed by atoms with Crippen LogP contribution in [0.4, 0.5) is 5.69 Å². The Balaban J connectivity index is 1.31. The van der Waals surface area contributed by atoms with Gasteiger partial charge in [0, 0.05) is 18.7 Å². The predicted octanol–water partition coefficient (Wildman–Crippen LogP) is 3.14. The molecule has 0 spiro atoms. The number of hydrogen-bond acceptors (Lipinski definition) is 3. The van der Waals surface area contributed by atoms with E-state index < -0.39 is 10.0 Å². The Bertz CT molecular complexity index is 740. The zero-order valence-corrected chi connectivity index (χ0v) is 15.2. The van der Waals surface area contributed by atoms with E-state index in [4.69, 9.17) is 0 Å². The first-order chi connectivity index (χ1) is 12.0. The van der Waals surface area contributed by atoms with Crippen molar-refractivity contribution < 1.29 is 13.2 Å². The van der Waals surface area contributed by atoms with E-state index in [0.29, 0.717) is 30.5 Å². The van der Waals surface area contributed by atoms with Crippen molar-refractivity contribution in [2.75, 3.05) is 11.9 Å². The van der Waals surface area contributed by atoms with E-state index in [0.717, 1.165) is 24.7 Å². The van der Waals surface area contributed by atoms with Gasteiger partial charge in [-0.05, 0) is 80.0 Å². The third-order valence-corrected chi connectivity index (χ3v) is 7.48. The van der Waals surface area contributed by atoms with Crippen LogP contribution in [0, 0.1) is 23.7 Å². The molecule has 1 aromatic rings. The van der Waals surface area contributed by atoms with Gasteiger partial charge in [0.15, 0.2) is 0 Å². The summed E-state index contributed by atoms with van der Waals surface area (Å²) in [7, 11) is -3.45. The molecule has 1 amide bonds. The van der Waals surface area contributed by atoms with Crippen molar-refractivity contribution in [2.45, 2.75) is 49.8 Å². The molecule has 0 aromatic heterocycles. The molecule has 0 radical (unpaired) electrons. The SMILES string of the molecule is O=C(CC1CC2CCC1C2)Nc1ccc(S(=O)(=O)NCC2CC2)cc1. The number of hydrogen-bond donors (Lipinski definition) is 2. The predicted molar refractivity (Wildman–Crippen MR) is 96.5 cm³/mol. The second-order valence-corrected chi connectivity index (χ2v) is 9.77. The van der Waals surface area contributed by atoms with Gasteiger partial charge in [-0.15, -0.1) is 0 Å². The summed E-state index contributed by atoms with van der Waals surface area (Å²) in [6.45, 7) is 0.518. The number of amides is 1. The van der Waals surface area contributed by atoms with Gasteiger partial charge in [-0.1, -0.05) is 6.42 Å². The number of rotatable bonds is 7. The second kappa shape index (κ2) is 6.72. The molecule has 0 aliphatic heterocycles. The lowest BCUT2D eigenvalue weighted by Crippen LogP contribution is -2.25. The van der Waals surface area contributed by atoms with Crippen LogP contribution < -0.4 is 10.0 Å². The molecule has 2 bridgehead atoms. The average molecular weight is 362 g/mol. The Labute approximate surface area is 149 Å². The van der Waals surface area contributed by atoms with Gasteiger partial charge in [0.05, 0.1) is 4.90 Å². The van der Waals surface area contributed by atoms with Gasteiger partial charge in [0.25, 0.3) is 0 Å². The molecule has 3 aliphatic carbocycles. The van der Waals surface area contributed by atoms with Crippen LogP contribution in [0.15, 0.2) is 29.2 Å². The topological polar surface area (TPSA) is 75.3 Å². The van der Waals surface area contributed by atoms with Gasteiger partial charge in [0.2, 0.25) is 15.9 Å². The summed E-state index contributed by atoms with van der Waals surface area (Å²) in [6.07, 6.45) is 7.92.